The molecule has 0 unspecified atom stereocenters. The van der Waals surface area contributed by atoms with Crippen LogP contribution in [-0.2, 0) is 0 Å². The summed E-state index contributed by atoms with van der Waals surface area (Å²) in [5.41, 5.74) is 0.889. The number of halogens is 4. The molecular weight excluding hydrogens is 341 g/mol. The van der Waals surface area contributed by atoms with Gasteiger partial charge in [0.25, 0.3) is 0 Å². The van der Waals surface area contributed by atoms with E-state index in [2.05, 4.69) is 24.1 Å². The van der Waals surface area contributed by atoms with Crippen molar-refractivity contribution in [2.75, 3.05) is 26.2 Å². The summed E-state index contributed by atoms with van der Waals surface area (Å²) in [7, 11) is 0. The Morgan fingerprint density at radius 2 is 1.65 bits per heavy atom. The van der Waals surface area contributed by atoms with E-state index in [0.29, 0.717) is 17.0 Å². The van der Waals surface area contributed by atoms with Crippen LogP contribution < -0.4 is 5.32 Å². The maximum absolute atomic E-state index is 14.4. The van der Waals surface area contributed by atoms with Crippen LogP contribution in [0, 0.1) is 24.5 Å². The van der Waals surface area contributed by atoms with Gasteiger partial charge in [-0.15, -0.1) is 24.8 Å². The van der Waals surface area contributed by atoms with Gasteiger partial charge in [0.15, 0.2) is 11.6 Å². The smallest absolute Gasteiger partial charge is 0.163 e. The highest BCUT2D eigenvalue weighted by molar-refractivity contribution is 5.85. The van der Waals surface area contributed by atoms with Gasteiger partial charge >= 0.3 is 0 Å². The second-order valence-corrected chi connectivity index (χ2v) is 6.37. The lowest BCUT2D eigenvalue weighted by molar-refractivity contribution is 0.156. The molecule has 0 bridgehead atoms. The molecule has 0 aromatic heterocycles. The Kier molecular flexibility index (Phi) is 10.3. The number of nitrogens with zero attached hydrogens (tertiary/aromatic N) is 1. The molecule has 2 rings (SSSR count). The summed E-state index contributed by atoms with van der Waals surface area (Å²) in [6.07, 6.45) is 1.89. The number of nitrogens with one attached hydrogen (secondary N) is 1. The molecule has 6 heteroatoms. The normalized spacial score (nSPS) is 16.6. The van der Waals surface area contributed by atoms with Gasteiger partial charge in [-0.2, -0.15) is 0 Å². The minimum Gasteiger partial charge on any atom is -0.314 e. The molecule has 0 aliphatic carbocycles. The number of hydrogen-bond donors (Lipinski definition) is 1. The average molecular weight is 369 g/mol. The number of rotatable bonds is 5. The van der Waals surface area contributed by atoms with E-state index in [1.54, 1.807) is 19.1 Å². The topological polar surface area (TPSA) is 15.3 Å². The second kappa shape index (κ2) is 10.4. The largest absolute Gasteiger partial charge is 0.314 e. The molecule has 1 aromatic carbocycles. The Morgan fingerprint density at radius 3 is 2.22 bits per heavy atom. The fourth-order valence-electron chi connectivity index (χ4n) is 2.94. The highest BCUT2D eigenvalue weighted by atomic mass is 35.5. The Bertz CT molecular complexity index is 478. The molecule has 0 saturated carbocycles. The van der Waals surface area contributed by atoms with Gasteiger partial charge in [-0.05, 0) is 31.2 Å². The number of benzene rings is 1. The standard InChI is InChI=1S/C17H26F2N2.2ClH/c1-12(2)4-7-15(21-10-8-20-9-11-21)14-6-5-13(3)16(18)17(14)19;;/h5-6,12,15,20H,4,7-11H2,1-3H3;2*1H/t15-;;/m1../s1. The van der Waals surface area contributed by atoms with Crippen molar-refractivity contribution in [3.8, 4) is 0 Å². The van der Waals surface area contributed by atoms with Crippen LogP contribution in [0.1, 0.15) is 43.9 Å². The van der Waals surface area contributed by atoms with Gasteiger partial charge in [-0.1, -0.05) is 26.0 Å². The monoisotopic (exact) mass is 368 g/mol. The fraction of sp³-hybridized carbons (Fsp3) is 0.647. The lowest BCUT2D eigenvalue weighted by atomic mass is 9.94. The minimum absolute atomic E-state index is 0. The molecule has 0 spiro atoms. The molecule has 1 aliphatic heterocycles. The van der Waals surface area contributed by atoms with Crippen LogP contribution >= 0.6 is 24.8 Å². The molecule has 1 fully saturated rings. The zero-order valence-corrected chi connectivity index (χ0v) is 15.7. The van der Waals surface area contributed by atoms with Gasteiger partial charge in [0.05, 0.1) is 0 Å². The third-order valence-corrected chi connectivity index (χ3v) is 4.27. The Hall–Kier alpha value is -0.420. The predicted octanol–water partition coefficient (Wildman–Crippen LogP) is 4.50. The van der Waals surface area contributed by atoms with Crippen LogP contribution in [0.15, 0.2) is 12.1 Å². The van der Waals surface area contributed by atoms with Crippen LogP contribution in [0.25, 0.3) is 0 Å². The summed E-state index contributed by atoms with van der Waals surface area (Å²) in [5, 5.41) is 3.31. The maximum atomic E-state index is 14.4. The van der Waals surface area contributed by atoms with E-state index in [1.807, 2.05) is 0 Å². The lowest BCUT2D eigenvalue weighted by Gasteiger charge is -2.36. The van der Waals surface area contributed by atoms with E-state index in [-0.39, 0.29) is 30.9 Å². The van der Waals surface area contributed by atoms with Gasteiger partial charge in [0, 0.05) is 37.8 Å². The molecule has 23 heavy (non-hydrogen) atoms. The molecular formula is C17H28Cl2F2N2. The molecule has 1 aromatic rings. The van der Waals surface area contributed by atoms with E-state index in [0.717, 1.165) is 39.0 Å². The summed E-state index contributed by atoms with van der Waals surface area (Å²) in [4.78, 5) is 2.28. The quantitative estimate of drug-likeness (QED) is 0.822. The zero-order chi connectivity index (χ0) is 15.4. The first-order valence-corrected chi connectivity index (χ1v) is 7.90. The molecule has 1 N–H and O–H groups in total. The lowest BCUT2D eigenvalue weighted by Crippen LogP contribution is -2.45. The van der Waals surface area contributed by atoms with Gasteiger partial charge in [0.1, 0.15) is 0 Å². The van der Waals surface area contributed by atoms with Gasteiger partial charge in [0.2, 0.25) is 0 Å². The van der Waals surface area contributed by atoms with Crippen LogP contribution in [-0.4, -0.2) is 31.1 Å². The molecule has 0 radical (unpaired) electrons. The van der Waals surface area contributed by atoms with Crippen LogP contribution in [0.5, 0.6) is 0 Å². The average Bonchev–Trinajstić information content (AvgIpc) is 2.48. The molecule has 1 saturated heterocycles. The molecule has 0 amide bonds. The number of hydrogen-bond acceptors (Lipinski definition) is 2. The Labute approximate surface area is 150 Å². The first-order chi connectivity index (χ1) is 10.0. The first kappa shape index (κ1) is 22.6. The molecule has 1 aliphatic rings. The first-order valence-electron chi connectivity index (χ1n) is 7.90. The van der Waals surface area contributed by atoms with E-state index in [9.17, 15) is 8.78 Å². The summed E-state index contributed by atoms with van der Waals surface area (Å²) in [5.74, 6) is -0.798. The van der Waals surface area contributed by atoms with Gasteiger partial charge < -0.3 is 5.32 Å². The Morgan fingerprint density at radius 1 is 1.04 bits per heavy atom. The van der Waals surface area contributed by atoms with Crippen LogP contribution in [0.3, 0.4) is 0 Å². The van der Waals surface area contributed by atoms with Crippen molar-refractivity contribution in [3.63, 3.8) is 0 Å². The van der Waals surface area contributed by atoms with Crippen molar-refractivity contribution in [2.24, 2.45) is 5.92 Å². The molecule has 2 nitrogen and oxygen atoms in total. The minimum atomic E-state index is -0.697. The van der Waals surface area contributed by atoms with Crippen molar-refractivity contribution in [1.82, 2.24) is 10.2 Å². The fourth-order valence-corrected chi connectivity index (χ4v) is 2.94. The zero-order valence-electron chi connectivity index (χ0n) is 14.1. The molecule has 1 heterocycles. The Balaban J connectivity index is 0.00000242. The maximum Gasteiger partial charge on any atom is 0.163 e. The summed E-state index contributed by atoms with van der Waals surface area (Å²) in [6, 6.07) is 3.43. The van der Waals surface area contributed by atoms with E-state index < -0.39 is 11.6 Å². The predicted molar refractivity (Wildman–Crippen MR) is 96.8 cm³/mol. The molecule has 134 valence electrons. The third kappa shape index (κ3) is 5.86. The highest BCUT2D eigenvalue weighted by Crippen LogP contribution is 2.31. The van der Waals surface area contributed by atoms with E-state index >= 15 is 0 Å². The summed E-state index contributed by atoms with van der Waals surface area (Å²) < 4.78 is 28.3. The van der Waals surface area contributed by atoms with E-state index in [4.69, 9.17) is 0 Å². The van der Waals surface area contributed by atoms with E-state index in [1.165, 1.54) is 0 Å². The summed E-state index contributed by atoms with van der Waals surface area (Å²) in [6.45, 7) is 9.54. The van der Waals surface area contributed by atoms with Gasteiger partial charge in [-0.3, -0.25) is 4.90 Å². The van der Waals surface area contributed by atoms with Crippen molar-refractivity contribution < 1.29 is 8.78 Å². The van der Waals surface area contributed by atoms with Crippen molar-refractivity contribution in [2.45, 2.75) is 39.7 Å². The van der Waals surface area contributed by atoms with Crippen molar-refractivity contribution in [3.05, 3.63) is 34.9 Å². The van der Waals surface area contributed by atoms with Crippen LogP contribution in [0.2, 0.25) is 0 Å². The number of aryl methyl sites for hydroxylation is 1. The SMILES string of the molecule is Cc1ccc([C@@H](CCC(C)C)N2CCNCC2)c(F)c1F.Cl.Cl. The number of piperazine rings is 1. The van der Waals surface area contributed by atoms with Crippen LogP contribution in [0.4, 0.5) is 8.78 Å². The second-order valence-electron chi connectivity index (χ2n) is 6.37. The summed E-state index contributed by atoms with van der Waals surface area (Å²) >= 11 is 0. The van der Waals surface area contributed by atoms with Crippen molar-refractivity contribution in [1.29, 1.82) is 0 Å². The molecule has 1 atom stereocenters. The van der Waals surface area contributed by atoms with Crippen molar-refractivity contribution >= 4 is 24.8 Å². The highest BCUT2D eigenvalue weighted by Gasteiger charge is 2.26. The van der Waals surface area contributed by atoms with Gasteiger partial charge in [-0.25, -0.2) is 8.78 Å². The third-order valence-electron chi connectivity index (χ3n) is 4.27.